The van der Waals surface area contributed by atoms with Crippen LogP contribution in [-0.2, 0) is 75.3 Å². The number of anilines is 1. The maximum Gasteiger partial charge on any atom is 0.303 e. The van der Waals surface area contributed by atoms with Gasteiger partial charge in [0.05, 0.1) is 25.9 Å². The van der Waals surface area contributed by atoms with Crippen molar-refractivity contribution in [1.82, 2.24) is 10.6 Å². The number of hydrogen-bond acceptors (Lipinski definition) is 16. The number of allylic oxidation sites excluding steroid dienone is 7. The van der Waals surface area contributed by atoms with Crippen LogP contribution in [0, 0.1) is 16.2 Å². The molecule has 0 saturated heterocycles. The highest BCUT2D eigenvalue weighted by atomic mass is 32.2. The number of carboxylic acid groups (broad SMARTS) is 3. The van der Waals surface area contributed by atoms with E-state index in [2.05, 4.69) is 15.2 Å². The largest absolute Gasteiger partial charge is 0.744 e. The van der Waals surface area contributed by atoms with Crippen LogP contribution in [0.15, 0.2) is 122 Å². The first-order chi connectivity index (χ1) is 46.7. The van der Waals surface area contributed by atoms with Gasteiger partial charge in [0.1, 0.15) is 28.2 Å². The molecule has 2 aliphatic heterocycles. The van der Waals surface area contributed by atoms with E-state index in [0.717, 1.165) is 5.71 Å². The maximum absolute atomic E-state index is 13.8. The molecule has 0 radical (unpaired) electrons. The van der Waals surface area contributed by atoms with Gasteiger partial charge in [0.25, 0.3) is 30.4 Å². The van der Waals surface area contributed by atoms with Crippen LogP contribution in [0.5, 0.6) is 5.75 Å². The minimum Gasteiger partial charge on any atom is -0.744 e. The molecule has 100 heavy (non-hydrogen) atoms. The van der Waals surface area contributed by atoms with Crippen molar-refractivity contribution in [2.24, 2.45) is 16.2 Å². The number of unbranched alkanes of at least 4 members (excludes halogenated alkanes) is 5. The van der Waals surface area contributed by atoms with Crippen LogP contribution >= 0.6 is 0 Å². The summed E-state index contributed by atoms with van der Waals surface area (Å²) in [4.78, 5) is 63.5. The predicted octanol–water partition coefficient (Wildman–Crippen LogP) is 10.8. The molecule has 25 nitrogen and oxygen atoms in total. The van der Waals surface area contributed by atoms with E-state index in [4.69, 9.17) is 4.74 Å². The summed E-state index contributed by atoms with van der Waals surface area (Å²) in [6, 6.07) is 13.7. The third-order valence-electron chi connectivity index (χ3n) is 21.1. The summed E-state index contributed by atoms with van der Waals surface area (Å²) < 4.78 is 148. The third kappa shape index (κ3) is 18.6. The fourth-order valence-electron chi connectivity index (χ4n) is 17.5. The van der Waals surface area contributed by atoms with Crippen LogP contribution < -0.4 is 20.3 Å². The molecule has 2 amide bonds. The molecule has 4 saturated carbocycles. The van der Waals surface area contributed by atoms with Gasteiger partial charge in [0, 0.05) is 91.7 Å². The zero-order valence-electron chi connectivity index (χ0n) is 56.9. The molecule has 2 heterocycles. The van der Waals surface area contributed by atoms with E-state index in [0.29, 0.717) is 180 Å². The standard InChI is InChI=1S/C71H92N4O21S4/c1-66(2)54-40-52(99(90,91)92)24-26-56(54)74(37-10-6-8-16-60(76)72-36-9-5-7-17-61(77)73-71-45-68(33-30-62(78)79)42-69(46-71,34-31-63(80)81)44-70(43-68,47-71)35-32-64(82)83)58(66)28-18-48-14-13-15-49(65(48)96-50-20-22-51(23-21-50)98(87,88)89)19-29-59-67(3,4)55-41-53(100(93,94)95)25-27-57(55)75(59)38-11-12-39-97(84,85)86/h18-29,40-41H,5-17,30-39,42-47H2,1-4H3,(H8-,72,73,76,77,78,79,80,81,82,83,84,85,86,87,88,89,90,91,92,93,94,95). The Labute approximate surface area is 585 Å². The van der Waals surface area contributed by atoms with E-state index in [1.807, 2.05) is 56.9 Å². The average Bonchev–Trinajstić information content (AvgIpc) is 0.990. The molecule has 7 aliphatic rings. The molecule has 5 aliphatic carbocycles. The fraction of sp³-hybridized carbons (Fsp3) is 0.549. The molecule has 4 fully saturated rings. The van der Waals surface area contributed by atoms with Crippen molar-refractivity contribution in [1.29, 1.82) is 0 Å². The lowest BCUT2D eigenvalue weighted by Gasteiger charge is -2.71. The lowest BCUT2D eigenvalue weighted by atomic mass is 9.35. The Morgan fingerprint density at radius 3 is 1.70 bits per heavy atom. The molecular weight excluding hydrogens is 1370 g/mol. The van der Waals surface area contributed by atoms with Crippen molar-refractivity contribution in [2.45, 2.75) is 219 Å². The number of aliphatic carboxylic acids is 3. The van der Waals surface area contributed by atoms with Crippen molar-refractivity contribution in [3.05, 3.63) is 119 Å². The lowest BCUT2D eigenvalue weighted by Crippen LogP contribution is -2.69. The van der Waals surface area contributed by atoms with Gasteiger partial charge in [0.2, 0.25) is 17.5 Å². The van der Waals surface area contributed by atoms with E-state index < -0.39 is 102 Å². The monoisotopic (exact) mass is 1460 g/mol. The third-order valence-corrected chi connectivity index (χ3v) is 24.5. The van der Waals surface area contributed by atoms with Crippen LogP contribution in [0.1, 0.15) is 199 Å². The summed E-state index contributed by atoms with van der Waals surface area (Å²) in [7, 11) is -18.3. The summed E-state index contributed by atoms with van der Waals surface area (Å²) in [5.41, 5.74) is 1.37. The Balaban J connectivity index is 0.883. The summed E-state index contributed by atoms with van der Waals surface area (Å²) >= 11 is 0. The Hall–Kier alpha value is -7.12. The number of nitrogens with zero attached hydrogens (tertiary/aromatic N) is 2. The smallest absolute Gasteiger partial charge is 0.303 e. The first-order valence-corrected chi connectivity index (χ1v) is 40.0. The van der Waals surface area contributed by atoms with Gasteiger partial charge in [-0.25, -0.2) is 8.42 Å². The molecule has 8 N–H and O–H groups in total. The lowest BCUT2D eigenvalue weighted by molar-refractivity contribution is -0.438. The van der Waals surface area contributed by atoms with Gasteiger partial charge in [-0.15, -0.1) is 0 Å². The van der Waals surface area contributed by atoms with Gasteiger partial charge in [-0.3, -0.25) is 37.6 Å². The molecule has 4 bridgehead atoms. The number of ether oxygens (including phenoxy) is 1. The zero-order chi connectivity index (χ0) is 73.1. The highest BCUT2D eigenvalue weighted by Gasteiger charge is 2.68. The number of nitrogens with one attached hydrogen (secondary N) is 2. The average molecular weight is 1470 g/mol. The summed E-state index contributed by atoms with van der Waals surface area (Å²) in [6.45, 7) is 8.65. The number of carbonyl (C=O) groups is 5. The van der Waals surface area contributed by atoms with Gasteiger partial charge >= 0.3 is 17.9 Å². The van der Waals surface area contributed by atoms with Crippen molar-refractivity contribution in [2.75, 3.05) is 30.3 Å². The Morgan fingerprint density at radius 2 is 1.14 bits per heavy atom. The molecular formula is C71H92N4O21S4. The number of hydrogen-bond donors (Lipinski definition) is 8. The van der Waals surface area contributed by atoms with Crippen molar-refractivity contribution in [3.63, 3.8) is 0 Å². The van der Waals surface area contributed by atoms with Crippen molar-refractivity contribution < 1.29 is 100 Å². The fourth-order valence-corrected chi connectivity index (χ4v) is 19.6. The van der Waals surface area contributed by atoms with Gasteiger partial charge in [-0.2, -0.15) is 29.8 Å². The number of benzene rings is 3. The summed E-state index contributed by atoms with van der Waals surface area (Å²) in [6.07, 6.45) is 18.0. The van der Waals surface area contributed by atoms with Gasteiger partial charge in [-0.05, 0) is 229 Å². The second kappa shape index (κ2) is 30.1. The minimum atomic E-state index is -4.86. The summed E-state index contributed by atoms with van der Waals surface area (Å²) in [5, 5.41) is 35.5. The van der Waals surface area contributed by atoms with Crippen LogP contribution in [0.3, 0.4) is 0 Å². The normalized spacial score (nSPS) is 23.9. The molecule has 0 unspecified atom stereocenters. The number of rotatable bonds is 35. The topological polar surface area (TPSA) is 406 Å². The first kappa shape index (κ1) is 77.0. The van der Waals surface area contributed by atoms with E-state index in [1.165, 1.54) is 48.5 Å². The Kier molecular flexibility index (Phi) is 23.2. The highest BCUT2D eigenvalue weighted by Crippen LogP contribution is 2.74. The van der Waals surface area contributed by atoms with Crippen LogP contribution in [0.25, 0.3) is 0 Å². The van der Waals surface area contributed by atoms with E-state index in [-0.39, 0.29) is 72.4 Å². The van der Waals surface area contributed by atoms with Crippen LogP contribution in [0.2, 0.25) is 0 Å². The highest BCUT2D eigenvalue weighted by molar-refractivity contribution is 7.86. The van der Waals surface area contributed by atoms with E-state index in [1.54, 1.807) is 12.1 Å². The van der Waals surface area contributed by atoms with Gasteiger partial charge in [-0.1, -0.05) is 26.3 Å². The second-order valence-electron chi connectivity index (χ2n) is 29.6. The molecule has 10 rings (SSSR count). The number of carbonyl (C=O) groups excluding carboxylic acids is 2. The molecule has 3 aromatic rings. The second-order valence-corrected chi connectivity index (χ2v) is 35.4. The number of fused-ring (bicyclic) bond motifs is 2. The minimum absolute atomic E-state index is 0.0774. The Morgan fingerprint density at radius 1 is 0.590 bits per heavy atom. The molecule has 0 atom stereocenters. The van der Waals surface area contributed by atoms with E-state index >= 15 is 0 Å². The molecule has 0 spiro atoms. The predicted molar refractivity (Wildman–Crippen MR) is 369 cm³/mol. The number of amides is 2. The van der Waals surface area contributed by atoms with Gasteiger partial charge < -0.3 is 40.1 Å². The molecule has 3 aromatic carbocycles. The molecule has 29 heteroatoms. The quantitative estimate of drug-likeness (QED) is 0.0154. The number of carboxylic acids is 3. The summed E-state index contributed by atoms with van der Waals surface area (Å²) in [5.74, 6) is -2.99. The SMILES string of the molecule is CC1(C)C(/C=C/C2=C(Oc3ccc(S(=O)(=O)O)cc3)C(=C/C=C3/N(CCCCS(=O)(=O)O)c4ccc(S(=O)(=O)O)cc4C3(C)C)/CCC2)=[N+](CCCCCC(=O)NCCCCCC(=O)NC23CC4(CCC(=O)O)CC(CCC(=O)O)(CC(CCC(=O)O)(C4)C2)C3)c2ccc(S(=O)(=O)[O-])cc21. The molecule has 0 aromatic heterocycles. The maximum atomic E-state index is 13.8. The van der Waals surface area contributed by atoms with Crippen LogP contribution in [0.4, 0.5) is 11.4 Å². The van der Waals surface area contributed by atoms with E-state index in [9.17, 15) is 91.2 Å². The van der Waals surface area contributed by atoms with Crippen LogP contribution in [-0.4, -0.2) is 138 Å². The van der Waals surface area contributed by atoms with Crippen molar-refractivity contribution >= 4 is 87.3 Å². The zero-order valence-corrected chi connectivity index (χ0v) is 60.2. The van der Waals surface area contributed by atoms with Gasteiger partial charge in [0.15, 0.2) is 5.71 Å². The first-order valence-electron chi connectivity index (χ1n) is 34.1. The molecule has 546 valence electrons. The Bertz CT molecular complexity index is 4250. The van der Waals surface area contributed by atoms with Crippen molar-refractivity contribution in [3.8, 4) is 5.75 Å².